The second-order valence-corrected chi connectivity index (χ2v) is 9.74. The molecule has 0 bridgehead atoms. The number of aryl methyl sites for hydroxylation is 3. The number of hydrogen-bond acceptors (Lipinski definition) is 5. The average Bonchev–Trinajstić information content (AvgIpc) is 3.07. The van der Waals surface area contributed by atoms with E-state index < -0.39 is 5.60 Å². The van der Waals surface area contributed by atoms with Gasteiger partial charge in [0, 0.05) is 38.9 Å². The molecule has 0 amide bonds. The predicted molar refractivity (Wildman–Crippen MR) is 139 cm³/mol. The summed E-state index contributed by atoms with van der Waals surface area (Å²) in [6.07, 6.45) is 3.62. The molecule has 194 valence electrons. The van der Waals surface area contributed by atoms with Gasteiger partial charge in [-0.15, -0.1) is 0 Å². The molecular formula is C29H38FN3O3. The van der Waals surface area contributed by atoms with Crippen LogP contribution in [-0.2, 0) is 17.8 Å². The van der Waals surface area contributed by atoms with Gasteiger partial charge in [-0.05, 0) is 75.5 Å². The number of para-hydroxylation sites is 1. The highest BCUT2D eigenvalue weighted by molar-refractivity contribution is 5.28. The summed E-state index contributed by atoms with van der Waals surface area (Å²) in [6.45, 7) is 8.69. The van der Waals surface area contributed by atoms with Crippen LogP contribution in [0.25, 0.3) is 0 Å². The van der Waals surface area contributed by atoms with Crippen LogP contribution in [0.4, 0.5) is 4.39 Å². The minimum atomic E-state index is -0.409. The van der Waals surface area contributed by atoms with Crippen LogP contribution in [0.2, 0.25) is 0 Å². The second-order valence-electron chi connectivity index (χ2n) is 9.74. The number of methoxy groups -OCH3 is 1. The first-order valence-corrected chi connectivity index (χ1v) is 12.8. The summed E-state index contributed by atoms with van der Waals surface area (Å²) in [5.74, 6) is 0.842. The zero-order chi connectivity index (χ0) is 25.4. The fraction of sp³-hybridized carbons (Fsp3) is 0.483. The van der Waals surface area contributed by atoms with Gasteiger partial charge in [0.1, 0.15) is 18.0 Å². The number of aromatic nitrogens is 2. The van der Waals surface area contributed by atoms with E-state index in [0.29, 0.717) is 13.2 Å². The van der Waals surface area contributed by atoms with E-state index in [4.69, 9.17) is 14.2 Å². The van der Waals surface area contributed by atoms with Gasteiger partial charge in [0.2, 0.25) is 0 Å². The third-order valence-corrected chi connectivity index (χ3v) is 6.94. The molecule has 2 aromatic carbocycles. The van der Waals surface area contributed by atoms with Gasteiger partial charge in [-0.1, -0.05) is 24.3 Å². The van der Waals surface area contributed by atoms with Crippen molar-refractivity contribution in [3.05, 3.63) is 77.4 Å². The van der Waals surface area contributed by atoms with Gasteiger partial charge in [0.05, 0.1) is 12.3 Å². The van der Waals surface area contributed by atoms with Gasteiger partial charge in [-0.25, -0.2) is 4.39 Å². The molecule has 0 radical (unpaired) electrons. The largest absolute Gasteiger partial charge is 0.494 e. The molecule has 0 saturated carbocycles. The van der Waals surface area contributed by atoms with E-state index in [-0.39, 0.29) is 11.6 Å². The zero-order valence-electron chi connectivity index (χ0n) is 21.7. The maximum atomic E-state index is 14.0. The van der Waals surface area contributed by atoms with Gasteiger partial charge in [-0.3, -0.25) is 9.58 Å². The fourth-order valence-corrected chi connectivity index (χ4v) is 4.86. The Kier molecular flexibility index (Phi) is 8.99. The second kappa shape index (κ2) is 12.4. The Balaban J connectivity index is 1.26. The van der Waals surface area contributed by atoms with E-state index in [1.807, 2.05) is 17.7 Å². The molecule has 4 rings (SSSR count). The van der Waals surface area contributed by atoms with Gasteiger partial charge < -0.3 is 14.2 Å². The lowest BCUT2D eigenvalue weighted by molar-refractivity contribution is -0.0548. The van der Waals surface area contributed by atoms with E-state index in [0.717, 1.165) is 63.3 Å². The lowest BCUT2D eigenvalue weighted by Crippen LogP contribution is -2.39. The Labute approximate surface area is 214 Å². The Morgan fingerprint density at radius 2 is 1.86 bits per heavy atom. The van der Waals surface area contributed by atoms with Crippen LogP contribution in [0.15, 0.2) is 54.6 Å². The highest BCUT2D eigenvalue weighted by Gasteiger charge is 2.34. The van der Waals surface area contributed by atoms with Crippen molar-refractivity contribution in [2.75, 3.05) is 33.4 Å². The number of nitrogens with zero attached hydrogens (tertiary/aromatic N) is 3. The lowest BCUT2D eigenvalue weighted by Gasteiger charge is -2.31. The van der Waals surface area contributed by atoms with E-state index in [1.54, 1.807) is 25.3 Å². The summed E-state index contributed by atoms with van der Waals surface area (Å²) in [5.41, 5.74) is 3.06. The van der Waals surface area contributed by atoms with Crippen LogP contribution in [0.5, 0.6) is 11.5 Å². The van der Waals surface area contributed by atoms with Crippen molar-refractivity contribution in [1.29, 1.82) is 0 Å². The van der Waals surface area contributed by atoms with Crippen LogP contribution < -0.4 is 9.47 Å². The normalized spacial score (nSPS) is 18.7. The molecule has 1 atom stereocenters. The minimum absolute atomic E-state index is 0.279. The van der Waals surface area contributed by atoms with Crippen molar-refractivity contribution < 1.29 is 18.6 Å². The molecule has 1 saturated heterocycles. The van der Waals surface area contributed by atoms with Crippen molar-refractivity contribution >= 4 is 0 Å². The maximum absolute atomic E-state index is 14.0. The molecule has 7 heteroatoms. The summed E-state index contributed by atoms with van der Waals surface area (Å²) in [5, 5.41) is 4.51. The van der Waals surface area contributed by atoms with E-state index in [2.05, 4.69) is 41.2 Å². The smallest absolute Gasteiger partial charge is 0.165 e. The van der Waals surface area contributed by atoms with E-state index >= 15 is 0 Å². The maximum Gasteiger partial charge on any atom is 0.165 e. The molecule has 1 fully saturated rings. The average molecular weight is 496 g/mol. The number of halogens is 1. The third kappa shape index (κ3) is 7.08. The third-order valence-electron chi connectivity index (χ3n) is 6.94. The summed E-state index contributed by atoms with van der Waals surface area (Å²) in [7, 11) is 1.73. The molecule has 6 nitrogen and oxygen atoms in total. The SMILES string of the molecule is COC1(COc2ccccc2F)CCCN(Cc2cccc(OCCCn3nc(C)cc3C)c2)CC1. The molecule has 0 N–H and O–H groups in total. The van der Waals surface area contributed by atoms with Gasteiger partial charge in [-0.2, -0.15) is 5.10 Å². The van der Waals surface area contributed by atoms with Crippen LogP contribution in [-0.4, -0.2) is 53.7 Å². The van der Waals surface area contributed by atoms with Crippen molar-refractivity contribution in [3.8, 4) is 11.5 Å². The number of likely N-dealkylation sites (tertiary alicyclic amines) is 1. The topological polar surface area (TPSA) is 48.8 Å². The standard InChI is InChI=1S/C29H38FN3O3/c1-23-19-24(2)33(31-23)16-8-18-35-26-10-6-9-25(20-26)21-32-15-7-13-29(34-3,14-17-32)22-36-28-12-5-4-11-27(28)30/h4-6,9-12,19-20H,7-8,13-18,21-22H2,1-3H3. The molecule has 1 unspecified atom stereocenters. The van der Waals surface area contributed by atoms with Crippen molar-refractivity contribution in [2.24, 2.45) is 0 Å². The Morgan fingerprint density at radius 1 is 1.00 bits per heavy atom. The predicted octanol–water partition coefficient (Wildman–Crippen LogP) is 5.56. The van der Waals surface area contributed by atoms with Gasteiger partial charge in [0.25, 0.3) is 0 Å². The minimum Gasteiger partial charge on any atom is -0.494 e. The summed E-state index contributed by atoms with van der Waals surface area (Å²) >= 11 is 0. The van der Waals surface area contributed by atoms with Gasteiger partial charge in [0.15, 0.2) is 11.6 Å². The van der Waals surface area contributed by atoms with Gasteiger partial charge >= 0.3 is 0 Å². The van der Waals surface area contributed by atoms with Crippen LogP contribution in [0.1, 0.15) is 42.6 Å². The van der Waals surface area contributed by atoms with Crippen LogP contribution in [0, 0.1) is 19.7 Å². The highest BCUT2D eigenvalue weighted by Crippen LogP contribution is 2.29. The number of hydrogen-bond donors (Lipinski definition) is 0. The van der Waals surface area contributed by atoms with E-state index in [1.165, 1.54) is 17.3 Å². The van der Waals surface area contributed by atoms with E-state index in [9.17, 15) is 4.39 Å². The Morgan fingerprint density at radius 3 is 2.64 bits per heavy atom. The molecule has 1 aromatic heterocycles. The molecule has 0 spiro atoms. The summed E-state index contributed by atoms with van der Waals surface area (Å²) in [4.78, 5) is 2.45. The first kappa shape index (κ1) is 26.2. The quantitative estimate of drug-likeness (QED) is 0.326. The fourth-order valence-electron chi connectivity index (χ4n) is 4.86. The monoisotopic (exact) mass is 495 g/mol. The molecule has 1 aliphatic heterocycles. The molecule has 2 heterocycles. The Hall–Kier alpha value is -2.90. The van der Waals surface area contributed by atoms with Crippen LogP contribution in [0.3, 0.4) is 0 Å². The molecule has 1 aliphatic rings. The highest BCUT2D eigenvalue weighted by atomic mass is 19.1. The van der Waals surface area contributed by atoms with Crippen LogP contribution >= 0.6 is 0 Å². The summed E-state index contributed by atoms with van der Waals surface area (Å²) in [6, 6.07) is 17.0. The molecule has 3 aromatic rings. The summed E-state index contributed by atoms with van der Waals surface area (Å²) < 4.78 is 33.8. The first-order chi connectivity index (χ1) is 17.5. The zero-order valence-corrected chi connectivity index (χ0v) is 21.7. The molecular weight excluding hydrogens is 457 g/mol. The molecule has 0 aliphatic carbocycles. The molecule has 36 heavy (non-hydrogen) atoms. The Bertz CT molecular complexity index is 1120. The van der Waals surface area contributed by atoms with Crippen molar-refractivity contribution in [2.45, 2.75) is 58.2 Å². The van der Waals surface area contributed by atoms with Crippen molar-refractivity contribution in [3.63, 3.8) is 0 Å². The number of benzene rings is 2. The van der Waals surface area contributed by atoms with Crippen molar-refractivity contribution in [1.82, 2.24) is 14.7 Å². The first-order valence-electron chi connectivity index (χ1n) is 12.8. The number of rotatable bonds is 11. The lowest BCUT2D eigenvalue weighted by atomic mass is 9.95. The number of ether oxygens (including phenoxy) is 3.